The summed E-state index contributed by atoms with van der Waals surface area (Å²) in [7, 11) is 0. The third-order valence-corrected chi connectivity index (χ3v) is 1.65. The van der Waals surface area contributed by atoms with Crippen molar-refractivity contribution in [2.75, 3.05) is 0 Å². The van der Waals surface area contributed by atoms with Crippen molar-refractivity contribution in [1.82, 2.24) is 0 Å². The number of carbonyl (C=O) groups is 2. The lowest BCUT2D eigenvalue weighted by Gasteiger charge is -2.01. The number of hydrogen-bond donors (Lipinski definition) is 1. The van der Waals surface area contributed by atoms with Crippen molar-refractivity contribution in [2.45, 2.75) is 6.04 Å². The Balaban J connectivity index is 2.95. The number of aliphatic carboxylic acids is 1. The van der Waals surface area contributed by atoms with Crippen molar-refractivity contribution in [3.8, 4) is 0 Å². The molecule has 0 spiro atoms. The summed E-state index contributed by atoms with van der Waals surface area (Å²) in [6.45, 7) is 0. The van der Waals surface area contributed by atoms with Crippen molar-refractivity contribution >= 4 is 11.8 Å². The highest BCUT2D eigenvalue weighted by molar-refractivity contribution is 6.11. The van der Waals surface area contributed by atoms with Gasteiger partial charge in [-0.3, -0.25) is 4.79 Å². The van der Waals surface area contributed by atoms with Gasteiger partial charge in [-0.25, -0.2) is 4.79 Å². The Labute approximate surface area is 79.3 Å². The predicted octanol–water partition coefficient (Wildman–Crippen LogP) is 1.09. The van der Waals surface area contributed by atoms with E-state index in [1.54, 1.807) is 18.2 Å². The molecular formula is C9H7NO4. The van der Waals surface area contributed by atoms with Gasteiger partial charge in [-0.2, -0.15) is 0 Å². The van der Waals surface area contributed by atoms with Gasteiger partial charge in [0.25, 0.3) is 6.04 Å². The third-order valence-electron chi connectivity index (χ3n) is 1.65. The van der Waals surface area contributed by atoms with Gasteiger partial charge in [0, 0.05) is 5.56 Å². The Kier molecular flexibility index (Phi) is 3.06. The van der Waals surface area contributed by atoms with Gasteiger partial charge in [0.1, 0.15) is 0 Å². The summed E-state index contributed by atoms with van der Waals surface area (Å²) in [5.41, 5.74) is 0.166. The number of nitroso groups, excluding NO2 is 1. The topological polar surface area (TPSA) is 83.8 Å². The molecule has 0 radical (unpaired) electrons. The van der Waals surface area contributed by atoms with E-state index in [-0.39, 0.29) is 5.56 Å². The maximum Gasteiger partial charge on any atom is 0.340 e. The first-order chi connectivity index (χ1) is 6.66. The first-order valence-electron chi connectivity index (χ1n) is 3.81. The van der Waals surface area contributed by atoms with Gasteiger partial charge >= 0.3 is 5.97 Å². The maximum absolute atomic E-state index is 11.3. The molecular weight excluding hydrogens is 186 g/mol. The zero-order valence-corrected chi connectivity index (χ0v) is 7.08. The van der Waals surface area contributed by atoms with Crippen LogP contribution in [0.4, 0.5) is 0 Å². The number of carbonyl (C=O) groups excluding carboxylic acids is 1. The number of hydrogen-bond acceptors (Lipinski definition) is 4. The zero-order chi connectivity index (χ0) is 10.6. The molecule has 0 heterocycles. The standard InChI is InChI=1S/C9H7NO4/c11-8(7(10-14)9(12)13)6-4-2-1-3-5-6/h1-5,7H,(H,12,13)/t7-/m0/s1. The number of Topliss-reactive ketones (excluding diaryl/α,β-unsaturated/α-hetero) is 1. The molecule has 5 heteroatoms. The van der Waals surface area contributed by atoms with Crippen LogP contribution >= 0.6 is 0 Å². The lowest BCUT2D eigenvalue weighted by atomic mass is 10.1. The normalized spacial score (nSPS) is 11.7. The van der Waals surface area contributed by atoms with Gasteiger partial charge in [-0.1, -0.05) is 30.3 Å². The highest BCUT2D eigenvalue weighted by Crippen LogP contribution is 2.06. The second-order valence-corrected chi connectivity index (χ2v) is 2.58. The van der Waals surface area contributed by atoms with Crippen molar-refractivity contribution in [3.63, 3.8) is 0 Å². The quantitative estimate of drug-likeness (QED) is 0.440. The van der Waals surface area contributed by atoms with E-state index in [4.69, 9.17) is 5.11 Å². The van der Waals surface area contributed by atoms with E-state index in [2.05, 4.69) is 5.18 Å². The number of ketones is 1. The molecule has 0 unspecified atom stereocenters. The number of benzene rings is 1. The summed E-state index contributed by atoms with van der Waals surface area (Å²) in [5, 5.41) is 10.8. The molecule has 0 saturated heterocycles. The van der Waals surface area contributed by atoms with Crippen LogP contribution in [0.3, 0.4) is 0 Å². The minimum Gasteiger partial charge on any atom is -0.479 e. The Morgan fingerprint density at radius 3 is 2.21 bits per heavy atom. The lowest BCUT2D eigenvalue weighted by molar-refractivity contribution is -0.137. The Hall–Kier alpha value is -2.04. The fourth-order valence-electron chi connectivity index (χ4n) is 0.965. The molecule has 5 nitrogen and oxygen atoms in total. The molecule has 1 aromatic carbocycles. The van der Waals surface area contributed by atoms with E-state index in [1.807, 2.05) is 0 Å². The molecule has 0 amide bonds. The van der Waals surface area contributed by atoms with Crippen LogP contribution < -0.4 is 0 Å². The monoisotopic (exact) mass is 193 g/mol. The lowest BCUT2D eigenvalue weighted by Crippen LogP contribution is -2.27. The van der Waals surface area contributed by atoms with Crippen LogP contribution in [-0.2, 0) is 4.79 Å². The summed E-state index contributed by atoms with van der Waals surface area (Å²) in [6.07, 6.45) is 0. The summed E-state index contributed by atoms with van der Waals surface area (Å²) < 4.78 is 0. The molecule has 0 aliphatic heterocycles. The Morgan fingerprint density at radius 2 is 1.79 bits per heavy atom. The van der Waals surface area contributed by atoms with Crippen LogP contribution in [-0.4, -0.2) is 22.9 Å². The van der Waals surface area contributed by atoms with Gasteiger partial charge < -0.3 is 5.11 Å². The van der Waals surface area contributed by atoms with Crippen molar-refractivity contribution in [3.05, 3.63) is 40.8 Å². The van der Waals surface area contributed by atoms with E-state index < -0.39 is 17.8 Å². The Bertz CT molecular complexity index is 360. The van der Waals surface area contributed by atoms with E-state index in [9.17, 15) is 14.5 Å². The van der Waals surface area contributed by atoms with Crippen LogP contribution in [0.1, 0.15) is 10.4 Å². The second kappa shape index (κ2) is 4.27. The molecule has 1 aromatic rings. The summed E-state index contributed by atoms with van der Waals surface area (Å²) in [5.74, 6) is -2.33. The van der Waals surface area contributed by atoms with Crippen LogP contribution in [0.2, 0.25) is 0 Å². The zero-order valence-electron chi connectivity index (χ0n) is 7.08. The fraction of sp³-hybridized carbons (Fsp3) is 0.111. The first-order valence-corrected chi connectivity index (χ1v) is 3.81. The molecule has 1 atom stereocenters. The van der Waals surface area contributed by atoms with Crippen LogP contribution in [0.15, 0.2) is 35.5 Å². The Morgan fingerprint density at radius 1 is 1.21 bits per heavy atom. The predicted molar refractivity (Wildman–Crippen MR) is 48.0 cm³/mol. The largest absolute Gasteiger partial charge is 0.479 e. The van der Waals surface area contributed by atoms with Crippen LogP contribution in [0, 0.1) is 4.91 Å². The first kappa shape index (κ1) is 10.0. The van der Waals surface area contributed by atoms with E-state index >= 15 is 0 Å². The molecule has 0 fully saturated rings. The molecule has 0 aliphatic rings. The molecule has 0 bridgehead atoms. The molecule has 1 N–H and O–H groups in total. The maximum atomic E-state index is 11.3. The molecule has 0 saturated carbocycles. The van der Waals surface area contributed by atoms with E-state index in [0.29, 0.717) is 0 Å². The van der Waals surface area contributed by atoms with Crippen molar-refractivity contribution in [1.29, 1.82) is 0 Å². The van der Waals surface area contributed by atoms with Crippen LogP contribution in [0.25, 0.3) is 0 Å². The van der Waals surface area contributed by atoms with E-state index in [0.717, 1.165) is 0 Å². The van der Waals surface area contributed by atoms with Gasteiger partial charge in [0.15, 0.2) is 0 Å². The van der Waals surface area contributed by atoms with Crippen LogP contribution in [0.5, 0.6) is 0 Å². The number of carboxylic acids is 1. The summed E-state index contributed by atoms with van der Waals surface area (Å²) in [6, 6.07) is 5.86. The molecule has 1 rings (SSSR count). The smallest absolute Gasteiger partial charge is 0.340 e. The minimum absolute atomic E-state index is 0.166. The number of nitrogens with zero attached hydrogens (tertiary/aromatic N) is 1. The van der Waals surface area contributed by atoms with Gasteiger partial charge in [-0.05, 0) is 5.18 Å². The number of rotatable bonds is 4. The average Bonchev–Trinajstić information content (AvgIpc) is 2.19. The third kappa shape index (κ3) is 2.01. The van der Waals surface area contributed by atoms with Gasteiger partial charge in [0.2, 0.25) is 5.78 Å². The number of carboxylic acid groups (broad SMARTS) is 1. The highest BCUT2D eigenvalue weighted by atomic mass is 16.4. The summed E-state index contributed by atoms with van der Waals surface area (Å²) in [4.78, 5) is 31.9. The van der Waals surface area contributed by atoms with Crippen molar-refractivity contribution in [2.24, 2.45) is 5.18 Å². The molecule has 0 aromatic heterocycles. The van der Waals surface area contributed by atoms with E-state index in [1.165, 1.54) is 12.1 Å². The molecule has 0 aliphatic carbocycles. The molecule has 14 heavy (non-hydrogen) atoms. The van der Waals surface area contributed by atoms with Crippen molar-refractivity contribution < 1.29 is 14.7 Å². The fourth-order valence-corrected chi connectivity index (χ4v) is 0.965. The van der Waals surface area contributed by atoms with Gasteiger partial charge in [0.05, 0.1) is 0 Å². The average molecular weight is 193 g/mol. The second-order valence-electron chi connectivity index (χ2n) is 2.58. The van der Waals surface area contributed by atoms with Gasteiger partial charge in [-0.15, -0.1) is 4.91 Å². The molecule has 72 valence electrons. The summed E-state index contributed by atoms with van der Waals surface area (Å²) >= 11 is 0. The SMILES string of the molecule is O=N[C@H](C(=O)O)C(=O)c1ccccc1. The minimum atomic E-state index is -1.85. The highest BCUT2D eigenvalue weighted by Gasteiger charge is 2.27.